The van der Waals surface area contributed by atoms with Crippen molar-refractivity contribution in [2.75, 3.05) is 0 Å². The van der Waals surface area contributed by atoms with Crippen LogP contribution in [0.1, 0.15) is 31.4 Å². The highest BCUT2D eigenvalue weighted by Crippen LogP contribution is 2.20. The van der Waals surface area contributed by atoms with Crippen LogP contribution in [0.15, 0.2) is 23.1 Å². The molecule has 112 valence electrons. The summed E-state index contributed by atoms with van der Waals surface area (Å²) in [6, 6.07) is 5.03. The van der Waals surface area contributed by atoms with Gasteiger partial charge >= 0.3 is 0 Å². The Hall–Kier alpha value is -1.44. The van der Waals surface area contributed by atoms with Gasteiger partial charge in [0.2, 0.25) is 15.9 Å². The molecule has 20 heavy (non-hydrogen) atoms. The largest absolute Gasteiger partial charge is 0.370 e. The van der Waals surface area contributed by atoms with Gasteiger partial charge in [0.05, 0.1) is 4.90 Å². The molecule has 0 aliphatic carbocycles. The minimum atomic E-state index is -3.74. The molecule has 0 saturated carbocycles. The zero-order valence-electron chi connectivity index (χ0n) is 11.9. The molecule has 0 aliphatic rings. The van der Waals surface area contributed by atoms with E-state index in [2.05, 4.69) is 4.72 Å². The number of amides is 1. The first kappa shape index (κ1) is 16.6. The molecule has 0 bridgehead atoms. The highest BCUT2D eigenvalue weighted by Gasteiger charge is 2.28. The molecular formula is C13H21N3O3S. The van der Waals surface area contributed by atoms with Crippen molar-refractivity contribution < 1.29 is 13.2 Å². The normalized spacial score (nSPS) is 12.4. The Labute approximate surface area is 119 Å². The molecule has 7 heteroatoms. The average molecular weight is 299 g/mol. The lowest BCUT2D eigenvalue weighted by Crippen LogP contribution is -2.46. The summed E-state index contributed by atoms with van der Waals surface area (Å²) in [7, 11) is -3.74. The number of benzene rings is 1. The molecule has 6 nitrogen and oxygen atoms in total. The highest BCUT2D eigenvalue weighted by atomic mass is 32.2. The van der Waals surface area contributed by atoms with E-state index >= 15 is 0 Å². The maximum absolute atomic E-state index is 12.4. The first-order valence-corrected chi connectivity index (χ1v) is 7.67. The van der Waals surface area contributed by atoms with Crippen LogP contribution < -0.4 is 16.2 Å². The Morgan fingerprint density at radius 3 is 2.45 bits per heavy atom. The Balaban J connectivity index is 3.14. The number of aryl methyl sites for hydroxylation is 1. The lowest BCUT2D eigenvalue weighted by Gasteiger charge is -2.25. The van der Waals surface area contributed by atoms with E-state index in [-0.39, 0.29) is 17.9 Å². The summed E-state index contributed by atoms with van der Waals surface area (Å²) >= 11 is 0. The van der Waals surface area contributed by atoms with E-state index < -0.39 is 21.5 Å². The van der Waals surface area contributed by atoms with Gasteiger partial charge in [-0.05, 0) is 38.0 Å². The lowest BCUT2D eigenvalue weighted by atomic mass is 10.0. The number of hydrogen-bond acceptors (Lipinski definition) is 4. The maximum atomic E-state index is 12.4. The van der Waals surface area contributed by atoms with Gasteiger partial charge in [-0.1, -0.05) is 12.1 Å². The summed E-state index contributed by atoms with van der Waals surface area (Å²) in [5.41, 5.74) is 11.0. The van der Waals surface area contributed by atoms with Gasteiger partial charge in [-0.25, -0.2) is 13.1 Å². The number of carbonyl (C=O) groups is 1. The van der Waals surface area contributed by atoms with E-state index in [1.165, 1.54) is 6.07 Å². The number of sulfonamides is 1. The Morgan fingerprint density at radius 2 is 1.95 bits per heavy atom. The van der Waals surface area contributed by atoms with Gasteiger partial charge in [0, 0.05) is 18.5 Å². The minimum absolute atomic E-state index is 0.0815. The first-order valence-electron chi connectivity index (χ1n) is 6.19. The number of carbonyl (C=O) groups excluding carboxylic acids is 1. The van der Waals surface area contributed by atoms with Crippen molar-refractivity contribution in [2.45, 2.75) is 44.2 Å². The van der Waals surface area contributed by atoms with Crippen LogP contribution in [-0.2, 0) is 21.4 Å². The first-order chi connectivity index (χ1) is 9.07. The van der Waals surface area contributed by atoms with Crippen LogP contribution >= 0.6 is 0 Å². The van der Waals surface area contributed by atoms with Crippen LogP contribution in [0, 0.1) is 6.92 Å². The van der Waals surface area contributed by atoms with Gasteiger partial charge in [0.1, 0.15) is 0 Å². The molecule has 0 spiro atoms. The minimum Gasteiger partial charge on any atom is -0.370 e. The van der Waals surface area contributed by atoms with E-state index in [9.17, 15) is 13.2 Å². The fourth-order valence-corrected chi connectivity index (χ4v) is 3.66. The van der Waals surface area contributed by atoms with Gasteiger partial charge in [0.15, 0.2) is 0 Å². The van der Waals surface area contributed by atoms with Gasteiger partial charge in [0.25, 0.3) is 0 Å². The molecule has 5 N–H and O–H groups in total. The summed E-state index contributed by atoms with van der Waals surface area (Å²) in [5.74, 6) is -0.565. The molecule has 0 aliphatic heterocycles. The third kappa shape index (κ3) is 4.29. The van der Waals surface area contributed by atoms with Gasteiger partial charge in [-0.3, -0.25) is 4.79 Å². The second kappa shape index (κ2) is 5.90. The number of nitrogens with two attached hydrogens (primary N) is 2. The van der Waals surface area contributed by atoms with E-state index in [4.69, 9.17) is 11.5 Å². The van der Waals surface area contributed by atoms with Crippen LogP contribution in [0.3, 0.4) is 0 Å². The Kier molecular flexibility index (Phi) is 4.90. The second-order valence-corrected chi connectivity index (χ2v) is 7.09. The predicted molar refractivity (Wildman–Crippen MR) is 77.3 cm³/mol. The monoisotopic (exact) mass is 299 g/mol. The second-order valence-electron chi connectivity index (χ2n) is 5.44. The van der Waals surface area contributed by atoms with Crippen LogP contribution in [-0.4, -0.2) is 19.9 Å². The highest BCUT2D eigenvalue weighted by molar-refractivity contribution is 7.89. The molecule has 1 amide bonds. The molecule has 1 aromatic rings. The summed E-state index contributed by atoms with van der Waals surface area (Å²) in [5, 5.41) is 0. The summed E-state index contributed by atoms with van der Waals surface area (Å²) in [6.07, 6.45) is -0.0815. The molecule has 0 unspecified atom stereocenters. The fourth-order valence-electron chi connectivity index (χ4n) is 1.95. The van der Waals surface area contributed by atoms with Crippen molar-refractivity contribution in [3.8, 4) is 0 Å². The van der Waals surface area contributed by atoms with E-state index in [1.807, 2.05) is 0 Å². The zero-order chi connectivity index (χ0) is 15.6. The van der Waals surface area contributed by atoms with Crippen molar-refractivity contribution >= 4 is 15.9 Å². The van der Waals surface area contributed by atoms with Crippen molar-refractivity contribution in [3.63, 3.8) is 0 Å². The number of primary amides is 1. The van der Waals surface area contributed by atoms with Crippen LogP contribution in [0.2, 0.25) is 0 Å². The van der Waals surface area contributed by atoms with E-state index in [1.54, 1.807) is 32.9 Å². The lowest BCUT2D eigenvalue weighted by molar-refractivity contribution is -0.119. The third-order valence-electron chi connectivity index (χ3n) is 2.80. The number of rotatable bonds is 6. The smallest absolute Gasteiger partial charge is 0.241 e. The topological polar surface area (TPSA) is 115 Å². The molecule has 0 saturated heterocycles. The Bertz CT molecular complexity index is 609. The zero-order valence-corrected chi connectivity index (χ0v) is 12.8. The molecule has 0 atom stereocenters. The standard InChI is InChI=1S/C13H21N3O3S/c1-9-4-5-10(8-14)6-11(9)20(18,19)16-13(2,3)7-12(15)17/h4-6,16H,7-8,14H2,1-3H3,(H2,15,17). The summed E-state index contributed by atoms with van der Waals surface area (Å²) in [4.78, 5) is 11.1. The quantitative estimate of drug-likeness (QED) is 0.704. The number of nitrogens with one attached hydrogen (secondary N) is 1. The molecule has 0 aromatic heterocycles. The van der Waals surface area contributed by atoms with Crippen LogP contribution in [0.25, 0.3) is 0 Å². The van der Waals surface area contributed by atoms with Crippen molar-refractivity contribution in [3.05, 3.63) is 29.3 Å². The van der Waals surface area contributed by atoms with Crippen LogP contribution in [0.5, 0.6) is 0 Å². The molecule has 0 radical (unpaired) electrons. The van der Waals surface area contributed by atoms with Gasteiger partial charge < -0.3 is 11.5 Å². The molecular weight excluding hydrogens is 278 g/mol. The summed E-state index contributed by atoms with van der Waals surface area (Å²) < 4.78 is 27.3. The Morgan fingerprint density at radius 1 is 1.35 bits per heavy atom. The molecule has 0 heterocycles. The molecule has 1 aromatic carbocycles. The number of hydrogen-bond donors (Lipinski definition) is 3. The van der Waals surface area contributed by atoms with Crippen LogP contribution in [0.4, 0.5) is 0 Å². The molecule has 0 fully saturated rings. The predicted octanol–water partition coefficient (Wildman–Crippen LogP) is 0.386. The van der Waals surface area contributed by atoms with Crippen molar-refractivity contribution in [2.24, 2.45) is 11.5 Å². The fraction of sp³-hybridized carbons (Fsp3) is 0.462. The average Bonchev–Trinajstić information content (AvgIpc) is 2.25. The van der Waals surface area contributed by atoms with Crippen molar-refractivity contribution in [1.82, 2.24) is 4.72 Å². The van der Waals surface area contributed by atoms with Gasteiger partial charge in [-0.2, -0.15) is 0 Å². The maximum Gasteiger partial charge on any atom is 0.241 e. The van der Waals surface area contributed by atoms with E-state index in [0.717, 1.165) is 5.56 Å². The molecule has 1 rings (SSSR count). The summed E-state index contributed by atoms with van der Waals surface area (Å²) in [6.45, 7) is 5.18. The SMILES string of the molecule is Cc1ccc(CN)cc1S(=O)(=O)NC(C)(C)CC(N)=O. The van der Waals surface area contributed by atoms with Gasteiger partial charge in [-0.15, -0.1) is 0 Å². The third-order valence-corrected chi connectivity index (χ3v) is 4.64. The van der Waals surface area contributed by atoms with Crippen molar-refractivity contribution in [1.29, 1.82) is 0 Å². The van der Waals surface area contributed by atoms with E-state index in [0.29, 0.717) is 5.56 Å².